The Labute approximate surface area is 122 Å². The number of rotatable bonds is 1. The van der Waals surface area contributed by atoms with Crippen molar-refractivity contribution in [3.05, 3.63) is 0 Å². The van der Waals surface area contributed by atoms with Crippen LogP contribution in [0.3, 0.4) is 0 Å². The second kappa shape index (κ2) is 10.9. The molecule has 2 fully saturated rings. The van der Waals surface area contributed by atoms with Gasteiger partial charge in [-0.3, -0.25) is 5.43 Å². The normalized spacial score (nSPS) is 23.4. The molecule has 20 heavy (non-hydrogen) atoms. The molecule has 0 atom stereocenters. The van der Waals surface area contributed by atoms with Crippen molar-refractivity contribution in [1.29, 1.82) is 0 Å². The Kier molecular flexibility index (Phi) is 9.41. The molecule has 5 nitrogen and oxygen atoms in total. The Bertz CT molecular complexity index is 222. The highest BCUT2D eigenvalue weighted by Crippen LogP contribution is 2.21. The van der Waals surface area contributed by atoms with E-state index in [0.29, 0.717) is 0 Å². The van der Waals surface area contributed by atoms with Gasteiger partial charge in [-0.15, -0.1) is 0 Å². The number of carboxylic acid groups (broad SMARTS) is 2. The van der Waals surface area contributed by atoms with E-state index in [2.05, 4.69) is 10.4 Å². The van der Waals surface area contributed by atoms with Crippen molar-refractivity contribution in [2.24, 2.45) is 0 Å². The molecule has 0 unspecified atom stereocenters. The molecule has 0 amide bonds. The first-order chi connectivity index (χ1) is 9.70. The molecule has 1 saturated heterocycles. The van der Waals surface area contributed by atoms with E-state index in [9.17, 15) is 0 Å². The average Bonchev–Trinajstić information content (AvgIpc) is 2.28. The zero-order chi connectivity index (χ0) is 14.6. The maximum Gasteiger partial charge on any atom is 0.503 e. The van der Waals surface area contributed by atoms with Crippen LogP contribution in [-0.4, -0.2) is 40.5 Å². The van der Waals surface area contributed by atoms with Crippen LogP contribution in [0.5, 0.6) is 0 Å². The summed E-state index contributed by atoms with van der Waals surface area (Å²) in [6.45, 7) is 2.49. The standard InChI is InChI=1S/C14H28N2.CH2O3/c1-2-6-10-14(11-7-3-1)16-13-9-5-4-8-12-15-16;2-1(3)4/h14-15H,1-13H2;(H2,2,3,4). The highest BCUT2D eigenvalue weighted by Gasteiger charge is 2.19. The Morgan fingerprint density at radius 1 is 0.850 bits per heavy atom. The van der Waals surface area contributed by atoms with Crippen LogP contribution in [-0.2, 0) is 0 Å². The van der Waals surface area contributed by atoms with Crippen LogP contribution in [0.4, 0.5) is 4.79 Å². The largest absolute Gasteiger partial charge is 0.503 e. The fourth-order valence-corrected chi connectivity index (χ4v) is 3.12. The topological polar surface area (TPSA) is 72.8 Å². The summed E-state index contributed by atoms with van der Waals surface area (Å²) in [6, 6.07) is 0.832. The van der Waals surface area contributed by atoms with Crippen molar-refractivity contribution < 1.29 is 15.0 Å². The maximum atomic E-state index is 8.56. The van der Waals surface area contributed by atoms with E-state index in [-0.39, 0.29) is 0 Å². The lowest BCUT2D eigenvalue weighted by molar-refractivity contribution is 0.0927. The second-order valence-electron chi connectivity index (χ2n) is 5.80. The van der Waals surface area contributed by atoms with Crippen LogP contribution in [0, 0.1) is 0 Å². The maximum absolute atomic E-state index is 8.56. The van der Waals surface area contributed by atoms with Gasteiger partial charge in [0, 0.05) is 19.1 Å². The van der Waals surface area contributed by atoms with Crippen molar-refractivity contribution in [3.8, 4) is 0 Å². The van der Waals surface area contributed by atoms with Gasteiger partial charge in [0.15, 0.2) is 0 Å². The highest BCUT2D eigenvalue weighted by atomic mass is 16.6. The van der Waals surface area contributed by atoms with Crippen LogP contribution in [0.2, 0.25) is 0 Å². The number of hydrazine groups is 1. The van der Waals surface area contributed by atoms with Gasteiger partial charge in [-0.1, -0.05) is 44.9 Å². The van der Waals surface area contributed by atoms with E-state index < -0.39 is 6.16 Å². The van der Waals surface area contributed by atoms with Gasteiger partial charge in [0.1, 0.15) is 0 Å². The number of hydrogen-bond donors (Lipinski definition) is 3. The minimum atomic E-state index is -1.83. The van der Waals surface area contributed by atoms with Crippen LogP contribution >= 0.6 is 0 Å². The van der Waals surface area contributed by atoms with Crippen LogP contribution < -0.4 is 5.43 Å². The molecule has 118 valence electrons. The van der Waals surface area contributed by atoms with E-state index >= 15 is 0 Å². The summed E-state index contributed by atoms with van der Waals surface area (Å²) in [5.74, 6) is 0. The lowest BCUT2D eigenvalue weighted by atomic mass is 9.96. The van der Waals surface area contributed by atoms with Crippen molar-refractivity contribution in [2.45, 2.75) is 76.7 Å². The quantitative estimate of drug-likeness (QED) is 0.685. The molecular formula is C15H30N2O3. The van der Waals surface area contributed by atoms with Crippen LogP contribution in [0.1, 0.15) is 70.6 Å². The Morgan fingerprint density at radius 2 is 1.35 bits per heavy atom. The number of hydrogen-bond acceptors (Lipinski definition) is 3. The van der Waals surface area contributed by atoms with Crippen molar-refractivity contribution in [3.63, 3.8) is 0 Å². The summed E-state index contributed by atoms with van der Waals surface area (Å²) in [6.07, 6.45) is 13.9. The molecule has 2 rings (SSSR count). The smallest absolute Gasteiger partial charge is 0.450 e. The Morgan fingerprint density at radius 3 is 2.00 bits per heavy atom. The summed E-state index contributed by atoms with van der Waals surface area (Å²) in [7, 11) is 0. The van der Waals surface area contributed by atoms with E-state index in [0.717, 1.165) is 6.04 Å². The van der Waals surface area contributed by atoms with Crippen LogP contribution in [0.25, 0.3) is 0 Å². The van der Waals surface area contributed by atoms with Gasteiger partial charge in [-0.2, -0.15) is 0 Å². The zero-order valence-electron chi connectivity index (χ0n) is 12.5. The molecule has 0 spiro atoms. The molecule has 1 saturated carbocycles. The molecule has 1 heterocycles. The number of nitrogens with zero attached hydrogens (tertiary/aromatic N) is 1. The van der Waals surface area contributed by atoms with Gasteiger partial charge in [-0.05, 0) is 25.7 Å². The third-order valence-electron chi connectivity index (χ3n) is 4.16. The first kappa shape index (κ1) is 17.2. The molecule has 1 aliphatic carbocycles. The van der Waals surface area contributed by atoms with E-state index in [4.69, 9.17) is 15.0 Å². The number of carbonyl (C=O) groups is 1. The fourth-order valence-electron chi connectivity index (χ4n) is 3.12. The predicted molar refractivity (Wildman–Crippen MR) is 79.9 cm³/mol. The zero-order valence-corrected chi connectivity index (χ0v) is 12.5. The Hall–Kier alpha value is -0.810. The summed E-state index contributed by atoms with van der Waals surface area (Å²) >= 11 is 0. The molecular weight excluding hydrogens is 256 g/mol. The van der Waals surface area contributed by atoms with Crippen molar-refractivity contribution >= 4 is 6.16 Å². The Balaban J connectivity index is 0.000000444. The SMILES string of the molecule is C1CCCC(N2CCCCCCN2)CCC1.O=C(O)O. The molecule has 5 heteroatoms. The lowest BCUT2D eigenvalue weighted by Gasteiger charge is -2.34. The first-order valence-corrected chi connectivity index (χ1v) is 8.12. The molecule has 3 N–H and O–H groups in total. The minimum absolute atomic E-state index is 0.832. The monoisotopic (exact) mass is 286 g/mol. The summed E-state index contributed by atoms with van der Waals surface area (Å²) in [5, 5.41) is 16.5. The van der Waals surface area contributed by atoms with Gasteiger partial charge in [0.05, 0.1) is 0 Å². The molecule has 0 bridgehead atoms. The van der Waals surface area contributed by atoms with E-state index in [1.165, 1.54) is 83.7 Å². The number of nitrogens with one attached hydrogen (secondary N) is 1. The highest BCUT2D eigenvalue weighted by molar-refractivity contribution is 5.53. The van der Waals surface area contributed by atoms with Gasteiger partial charge in [-0.25, -0.2) is 9.80 Å². The second-order valence-corrected chi connectivity index (χ2v) is 5.80. The molecule has 0 aromatic heterocycles. The summed E-state index contributed by atoms with van der Waals surface area (Å²) in [4.78, 5) is 8.56. The third kappa shape index (κ3) is 8.38. The van der Waals surface area contributed by atoms with E-state index in [1.54, 1.807) is 0 Å². The molecule has 0 aromatic rings. The molecule has 2 aliphatic rings. The lowest BCUT2D eigenvalue weighted by Crippen LogP contribution is -2.47. The van der Waals surface area contributed by atoms with Gasteiger partial charge >= 0.3 is 6.16 Å². The predicted octanol–water partition coefficient (Wildman–Crippen LogP) is 3.70. The summed E-state index contributed by atoms with van der Waals surface area (Å²) < 4.78 is 0. The molecule has 0 radical (unpaired) electrons. The summed E-state index contributed by atoms with van der Waals surface area (Å²) in [5.41, 5.74) is 3.67. The minimum Gasteiger partial charge on any atom is -0.450 e. The first-order valence-electron chi connectivity index (χ1n) is 8.12. The molecule has 1 aliphatic heterocycles. The third-order valence-corrected chi connectivity index (χ3v) is 4.16. The van der Waals surface area contributed by atoms with Crippen LogP contribution in [0.15, 0.2) is 0 Å². The van der Waals surface area contributed by atoms with Gasteiger partial charge in [0.25, 0.3) is 0 Å². The molecule has 0 aromatic carbocycles. The fraction of sp³-hybridized carbons (Fsp3) is 0.933. The van der Waals surface area contributed by atoms with Gasteiger partial charge in [0.2, 0.25) is 0 Å². The van der Waals surface area contributed by atoms with Gasteiger partial charge < -0.3 is 10.2 Å². The van der Waals surface area contributed by atoms with Crippen molar-refractivity contribution in [1.82, 2.24) is 10.4 Å². The van der Waals surface area contributed by atoms with Crippen molar-refractivity contribution in [2.75, 3.05) is 13.1 Å². The average molecular weight is 286 g/mol. The van der Waals surface area contributed by atoms with E-state index in [1.807, 2.05) is 0 Å².